The summed E-state index contributed by atoms with van der Waals surface area (Å²) in [6.07, 6.45) is 5.68. The van der Waals surface area contributed by atoms with Crippen LogP contribution in [0.25, 0.3) is 0 Å². The van der Waals surface area contributed by atoms with Crippen LogP contribution in [0.3, 0.4) is 0 Å². The fourth-order valence-electron chi connectivity index (χ4n) is 3.13. The van der Waals surface area contributed by atoms with Crippen molar-refractivity contribution in [2.45, 2.75) is 31.7 Å². The van der Waals surface area contributed by atoms with Crippen molar-refractivity contribution >= 4 is 23.2 Å². The first-order valence-corrected chi connectivity index (χ1v) is 8.82. The summed E-state index contributed by atoms with van der Waals surface area (Å²) in [5, 5.41) is 13.6. The van der Waals surface area contributed by atoms with Crippen molar-refractivity contribution in [3.05, 3.63) is 47.2 Å². The Morgan fingerprint density at radius 3 is 3.04 bits per heavy atom. The lowest BCUT2D eigenvalue weighted by atomic mass is 10.1. The number of aromatic nitrogens is 2. The van der Waals surface area contributed by atoms with E-state index in [1.165, 1.54) is 5.56 Å². The third kappa shape index (κ3) is 4.36. The Labute approximate surface area is 147 Å². The minimum Gasteiger partial charge on any atom is -0.394 e. The van der Waals surface area contributed by atoms with Crippen LogP contribution in [0.15, 0.2) is 36.7 Å². The highest BCUT2D eigenvalue weighted by atomic mass is 35.5. The normalized spacial score (nSPS) is 17.2. The molecular formula is C18H23ClN4O. The van der Waals surface area contributed by atoms with Gasteiger partial charge < -0.3 is 15.3 Å². The molecular weight excluding hydrogens is 324 g/mol. The summed E-state index contributed by atoms with van der Waals surface area (Å²) in [6.45, 7) is 1.95. The topological polar surface area (TPSA) is 61.3 Å². The maximum absolute atomic E-state index is 9.46. The van der Waals surface area contributed by atoms with E-state index in [0.29, 0.717) is 0 Å². The van der Waals surface area contributed by atoms with Crippen LogP contribution in [0.2, 0.25) is 5.02 Å². The van der Waals surface area contributed by atoms with Crippen LogP contribution in [-0.4, -0.2) is 40.8 Å². The van der Waals surface area contributed by atoms with Gasteiger partial charge in [-0.3, -0.25) is 0 Å². The van der Waals surface area contributed by atoms with Crippen molar-refractivity contribution in [3.8, 4) is 0 Å². The highest BCUT2D eigenvalue weighted by Gasteiger charge is 2.25. The number of hydrogen-bond donors (Lipinski definition) is 2. The molecule has 2 aromatic rings. The number of hydrogen-bond acceptors (Lipinski definition) is 5. The lowest BCUT2D eigenvalue weighted by molar-refractivity contribution is 0.266. The molecule has 0 saturated carbocycles. The molecule has 6 heteroatoms. The molecule has 5 nitrogen and oxygen atoms in total. The summed E-state index contributed by atoms with van der Waals surface area (Å²) < 4.78 is 0. The maximum atomic E-state index is 9.46. The number of nitrogens with one attached hydrogen (secondary N) is 1. The molecule has 1 unspecified atom stereocenters. The van der Waals surface area contributed by atoms with Gasteiger partial charge in [-0.15, -0.1) is 0 Å². The number of rotatable bonds is 7. The maximum Gasteiger partial charge on any atom is 0.134 e. The van der Waals surface area contributed by atoms with Crippen molar-refractivity contribution in [2.75, 3.05) is 29.9 Å². The molecule has 1 aliphatic rings. The molecule has 0 amide bonds. The molecule has 0 aliphatic carbocycles. The van der Waals surface area contributed by atoms with Crippen LogP contribution >= 0.6 is 11.6 Å². The van der Waals surface area contributed by atoms with E-state index in [0.717, 1.165) is 55.4 Å². The SMILES string of the molecule is OCC1CCCN1c1cc(NCCCc2cccc(Cl)c2)ncn1. The summed E-state index contributed by atoms with van der Waals surface area (Å²) >= 11 is 6.00. The predicted molar refractivity (Wildman–Crippen MR) is 97.7 cm³/mol. The second-order valence-electron chi connectivity index (χ2n) is 6.09. The molecule has 24 heavy (non-hydrogen) atoms. The average Bonchev–Trinajstić information content (AvgIpc) is 3.08. The number of aryl methyl sites for hydroxylation is 1. The molecule has 1 saturated heterocycles. The molecule has 1 atom stereocenters. The highest BCUT2D eigenvalue weighted by molar-refractivity contribution is 6.30. The molecule has 0 bridgehead atoms. The van der Waals surface area contributed by atoms with Gasteiger partial charge in [0.15, 0.2) is 0 Å². The molecule has 0 radical (unpaired) electrons. The zero-order valence-electron chi connectivity index (χ0n) is 13.7. The van der Waals surface area contributed by atoms with E-state index in [1.54, 1.807) is 6.33 Å². The summed E-state index contributed by atoms with van der Waals surface area (Å²) in [5.41, 5.74) is 1.25. The zero-order valence-corrected chi connectivity index (χ0v) is 14.4. The molecule has 1 aromatic heterocycles. The van der Waals surface area contributed by atoms with Gasteiger partial charge in [-0.2, -0.15) is 0 Å². The summed E-state index contributed by atoms with van der Waals surface area (Å²) in [7, 11) is 0. The Kier molecular flexibility index (Phi) is 5.88. The molecule has 2 N–H and O–H groups in total. The Morgan fingerprint density at radius 2 is 2.21 bits per heavy atom. The lowest BCUT2D eigenvalue weighted by Crippen LogP contribution is -2.32. The standard InChI is InChI=1S/C18H23ClN4O/c19-15-6-1-4-14(10-15)5-2-8-20-17-11-18(22-13-21-17)23-9-3-7-16(23)12-24/h1,4,6,10-11,13,16,24H,2-3,5,7-9,12H2,(H,20,21,22). The highest BCUT2D eigenvalue weighted by Crippen LogP contribution is 2.24. The first-order valence-electron chi connectivity index (χ1n) is 8.44. The number of aliphatic hydroxyl groups is 1. The quantitative estimate of drug-likeness (QED) is 0.754. The van der Waals surface area contributed by atoms with Gasteiger partial charge >= 0.3 is 0 Å². The van der Waals surface area contributed by atoms with Gasteiger partial charge in [0.1, 0.15) is 18.0 Å². The van der Waals surface area contributed by atoms with E-state index in [1.807, 2.05) is 24.3 Å². The minimum atomic E-state index is 0.173. The van der Waals surface area contributed by atoms with Gasteiger partial charge in [0, 0.05) is 24.2 Å². The van der Waals surface area contributed by atoms with E-state index < -0.39 is 0 Å². The summed E-state index contributed by atoms with van der Waals surface area (Å²) in [4.78, 5) is 10.8. The molecule has 3 rings (SSSR count). The second-order valence-corrected chi connectivity index (χ2v) is 6.53. The monoisotopic (exact) mass is 346 g/mol. The molecule has 2 heterocycles. The van der Waals surface area contributed by atoms with E-state index in [9.17, 15) is 5.11 Å². The second kappa shape index (κ2) is 8.31. The van der Waals surface area contributed by atoms with E-state index in [4.69, 9.17) is 11.6 Å². The smallest absolute Gasteiger partial charge is 0.134 e. The van der Waals surface area contributed by atoms with Crippen LogP contribution < -0.4 is 10.2 Å². The number of nitrogens with zero attached hydrogens (tertiary/aromatic N) is 3. The molecule has 1 aliphatic heterocycles. The van der Waals surface area contributed by atoms with E-state index in [2.05, 4.69) is 26.3 Å². The van der Waals surface area contributed by atoms with Crippen LogP contribution in [0.4, 0.5) is 11.6 Å². The Balaban J connectivity index is 1.51. The first kappa shape index (κ1) is 17.0. The molecule has 1 fully saturated rings. The first-order chi connectivity index (χ1) is 11.8. The Morgan fingerprint density at radius 1 is 1.29 bits per heavy atom. The van der Waals surface area contributed by atoms with Gasteiger partial charge in [0.2, 0.25) is 0 Å². The predicted octanol–water partition coefficient (Wildman–Crippen LogP) is 3.14. The van der Waals surface area contributed by atoms with Crippen LogP contribution in [0.1, 0.15) is 24.8 Å². The number of benzene rings is 1. The van der Waals surface area contributed by atoms with Crippen molar-refractivity contribution in [1.82, 2.24) is 9.97 Å². The average molecular weight is 347 g/mol. The molecule has 0 spiro atoms. The van der Waals surface area contributed by atoms with Crippen LogP contribution in [0, 0.1) is 0 Å². The van der Waals surface area contributed by atoms with E-state index >= 15 is 0 Å². The number of aliphatic hydroxyl groups excluding tert-OH is 1. The molecule has 1 aromatic carbocycles. The van der Waals surface area contributed by atoms with Crippen LogP contribution in [0.5, 0.6) is 0 Å². The van der Waals surface area contributed by atoms with Crippen molar-refractivity contribution in [1.29, 1.82) is 0 Å². The van der Waals surface area contributed by atoms with Gasteiger partial charge in [0.25, 0.3) is 0 Å². The Bertz CT molecular complexity index is 667. The van der Waals surface area contributed by atoms with Crippen molar-refractivity contribution < 1.29 is 5.11 Å². The van der Waals surface area contributed by atoms with Gasteiger partial charge in [0.05, 0.1) is 12.6 Å². The van der Waals surface area contributed by atoms with Crippen molar-refractivity contribution in [3.63, 3.8) is 0 Å². The van der Waals surface area contributed by atoms with E-state index in [-0.39, 0.29) is 12.6 Å². The summed E-state index contributed by atoms with van der Waals surface area (Å²) in [6, 6.07) is 10.1. The number of anilines is 2. The Hall–Kier alpha value is -1.85. The lowest BCUT2D eigenvalue weighted by Gasteiger charge is -2.24. The minimum absolute atomic E-state index is 0.173. The van der Waals surface area contributed by atoms with Gasteiger partial charge in [-0.05, 0) is 43.4 Å². The zero-order chi connectivity index (χ0) is 16.8. The fraction of sp³-hybridized carbons (Fsp3) is 0.444. The van der Waals surface area contributed by atoms with Gasteiger partial charge in [-0.1, -0.05) is 23.7 Å². The van der Waals surface area contributed by atoms with Crippen molar-refractivity contribution in [2.24, 2.45) is 0 Å². The number of halogens is 1. The third-order valence-corrected chi connectivity index (χ3v) is 4.61. The molecule has 128 valence electrons. The largest absolute Gasteiger partial charge is 0.394 e. The fourth-order valence-corrected chi connectivity index (χ4v) is 3.34. The summed E-state index contributed by atoms with van der Waals surface area (Å²) in [5.74, 6) is 1.72. The van der Waals surface area contributed by atoms with Crippen LogP contribution in [-0.2, 0) is 6.42 Å². The third-order valence-electron chi connectivity index (χ3n) is 4.37. The van der Waals surface area contributed by atoms with Gasteiger partial charge in [-0.25, -0.2) is 9.97 Å².